The lowest BCUT2D eigenvalue weighted by Crippen LogP contribution is -2.35. The van der Waals surface area contributed by atoms with Crippen molar-refractivity contribution in [3.63, 3.8) is 0 Å². The van der Waals surface area contributed by atoms with Crippen molar-refractivity contribution in [2.24, 2.45) is 0 Å². The van der Waals surface area contributed by atoms with Crippen molar-refractivity contribution in [1.82, 2.24) is 5.32 Å². The summed E-state index contributed by atoms with van der Waals surface area (Å²) in [6, 6.07) is 20.3. The number of ether oxygens (including phenoxy) is 1. The Hall–Kier alpha value is -2.87. The first-order valence-electron chi connectivity index (χ1n) is 9.56. The number of fused-ring (bicyclic) bond motifs is 3. The summed E-state index contributed by atoms with van der Waals surface area (Å²) < 4.78 is 6.43. The summed E-state index contributed by atoms with van der Waals surface area (Å²) in [5, 5.41) is 12.2. The third kappa shape index (κ3) is 3.79. The van der Waals surface area contributed by atoms with E-state index in [0.29, 0.717) is 5.56 Å². The van der Waals surface area contributed by atoms with Gasteiger partial charge in [-0.25, -0.2) is 9.59 Å². The standard InChI is InChI=1S/C24H20INO4/c1-14-15(11-6-12-21(14)25)22(23(27)28)26-24(29)30-13-20-18-9-4-2-7-16(18)17-8-3-5-10-19(17)20/h2-12,20,22H,13H2,1H3,(H,26,29)(H,27,28). The van der Waals surface area contributed by atoms with E-state index in [-0.39, 0.29) is 12.5 Å². The van der Waals surface area contributed by atoms with Gasteiger partial charge in [-0.1, -0.05) is 60.7 Å². The van der Waals surface area contributed by atoms with Crippen LogP contribution in [0.5, 0.6) is 0 Å². The Bertz CT molecular complexity index is 1080. The molecule has 152 valence electrons. The molecule has 5 nitrogen and oxygen atoms in total. The summed E-state index contributed by atoms with van der Waals surface area (Å²) in [4.78, 5) is 24.3. The van der Waals surface area contributed by atoms with Gasteiger partial charge in [0.2, 0.25) is 0 Å². The molecular weight excluding hydrogens is 493 g/mol. The lowest BCUT2D eigenvalue weighted by Gasteiger charge is -2.19. The second kappa shape index (κ2) is 8.47. The topological polar surface area (TPSA) is 75.6 Å². The van der Waals surface area contributed by atoms with Gasteiger partial charge >= 0.3 is 12.1 Å². The van der Waals surface area contributed by atoms with Gasteiger partial charge in [-0.3, -0.25) is 0 Å². The molecule has 30 heavy (non-hydrogen) atoms. The molecule has 3 aromatic carbocycles. The van der Waals surface area contributed by atoms with E-state index in [9.17, 15) is 14.7 Å². The summed E-state index contributed by atoms with van der Waals surface area (Å²) in [5.74, 6) is -1.21. The molecular formula is C24H20INO4. The van der Waals surface area contributed by atoms with Gasteiger partial charge in [0.25, 0.3) is 0 Å². The molecule has 0 aliphatic heterocycles. The van der Waals surface area contributed by atoms with Crippen LogP contribution in [0.1, 0.15) is 34.2 Å². The van der Waals surface area contributed by atoms with Crippen LogP contribution in [0.2, 0.25) is 0 Å². The number of carboxylic acids is 1. The summed E-state index contributed by atoms with van der Waals surface area (Å²) in [5.41, 5.74) is 5.86. The number of carbonyl (C=O) groups excluding carboxylic acids is 1. The normalized spacial score (nSPS) is 13.3. The fraction of sp³-hybridized carbons (Fsp3) is 0.167. The number of rotatable bonds is 5. The van der Waals surface area contributed by atoms with E-state index in [1.165, 1.54) is 0 Å². The molecule has 6 heteroatoms. The van der Waals surface area contributed by atoms with E-state index in [1.807, 2.05) is 49.4 Å². The minimum absolute atomic E-state index is 0.0779. The number of hydrogen-bond acceptors (Lipinski definition) is 3. The SMILES string of the molecule is Cc1c(I)cccc1C(NC(=O)OCC1c2ccccc2-c2ccccc21)C(=O)O. The van der Waals surface area contributed by atoms with Crippen LogP contribution in [0, 0.1) is 10.5 Å². The Labute approximate surface area is 188 Å². The van der Waals surface area contributed by atoms with Crippen molar-refractivity contribution >= 4 is 34.7 Å². The summed E-state index contributed by atoms with van der Waals surface area (Å²) >= 11 is 2.15. The van der Waals surface area contributed by atoms with Crippen LogP contribution in [-0.4, -0.2) is 23.8 Å². The highest BCUT2D eigenvalue weighted by molar-refractivity contribution is 14.1. The van der Waals surface area contributed by atoms with Gasteiger partial charge in [0.15, 0.2) is 6.04 Å². The van der Waals surface area contributed by atoms with Gasteiger partial charge in [0.05, 0.1) is 0 Å². The number of nitrogens with one attached hydrogen (secondary N) is 1. The van der Waals surface area contributed by atoms with E-state index < -0.39 is 18.1 Å². The number of halogens is 1. The predicted molar refractivity (Wildman–Crippen MR) is 122 cm³/mol. The van der Waals surface area contributed by atoms with Crippen molar-refractivity contribution in [3.05, 3.63) is 92.6 Å². The number of carboxylic acid groups (broad SMARTS) is 1. The van der Waals surface area contributed by atoms with Crippen LogP contribution in [0.15, 0.2) is 66.7 Å². The van der Waals surface area contributed by atoms with E-state index >= 15 is 0 Å². The Morgan fingerprint density at radius 2 is 1.60 bits per heavy atom. The molecule has 2 N–H and O–H groups in total. The molecule has 1 amide bonds. The van der Waals surface area contributed by atoms with Crippen molar-refractivity contribution in [2.75, 3.05) is 6.61 Å². The van der Waals surface area contributed by atoms with Crippen LogP contribution >= 0.6 is 22.6 Å². The van der Waals surface area contributed by atoms with Crippen LogP contribution in [0.25, 0.3) is 11.1 Å². The second-order valence-electron chi connectivity index (χ2n) is 7.20. The molecule has 0 saturated carbocycles. The van der Waals surface area contributed by atoms with E-state index in [0.717, 1.165) is 31.4 Å². The van der Waals surface area contributed by atoms with Crippen LogP contribution < -0.4 is 5.32 Å². The molecule has 1 aliphatic carbocycles. The number of hydrogen-bond donors (Lipinski definition) is 2. The maximum absolute atomic E-state index is 12.5. The fourth-order valence-corrected chi connectivity index (χ4v) is 4.49. The first-order chi connectivity index (χ1) is 14.5. The summed E-state index contributed by atoms with van der Waals surface area (Å²) in [7, 11) is 0. The Morgan fingerprint density at radius 3 is 2.20 bits per heavy atom. The molecule has 0 fully saturated rings. The predicted octanol–water partition coefficient (Wildman–Crippen LogP) is 5.26. The highest BCUT2D eigenvalue weighted by atomic mass is 127. The first-order valence-corrected chi connectivity index (χ1v) is 10.6. The summed E-state index contributed by atoms with van der Waals surface area (Å²) in [6.45, 7) is 1.98. The maximum Gasteiger partial charge on any atom is 0.408 e. The van der Waals surface area contributed by atoms with Gasteiger partial charge in [0.1, 0.15) is 6.61 Å². The Balaban J connectivity index is 1.51. The Kier molecular flexibility index (Phi) is 5.76. The average Bonchev–Trinajstić information content (AvgIpc) is 3.06. The molecule has 4 rings (SSSR count). The molecule has 0 saturated heterocycles. The molecule has 0 heterocycles. The van der Waals surface area contributed by atoms with Crippen LogP contribution in [0.4, 0.5) is 4.79 Å². The lowest BCUT2D eigenvalue weighted by atomic mass is 9.98. The van der Waals surface area contributed by atoms with Crippen molar-refractivity contribution in [3.8, 4) is 11.1 Å². The third-order valence-electron chi connectivity index (χ3n) is 5.47. The van der Waals surface area contributed by atoms with Gasteiger partial charge in [-0.2, -0.15) is 0 Å². The van der Waals surface area contributed by atoms with E-state index in [1.54, 1.807) is 12.1 Å². The number of benzene rings is 3. The highest BCUT2D eigenvalue weighted by Gasteiger charge is 2.30. The second-order valence-corrected chi connectivity index (χ2v) is 8.36. The molecule has 0 aromatic heterocycles. The fourth-order valence-electron chi connectivity index (χ4n) is 3.97. The average molecular weight is 513 g/mol. The molecule has 1 unspecified atom stereocenters. The number of aliphatic carboxylic acids is 1. The van der Waals surface area contributed by atoms with Gasteiger partial charge in [-0.15, -0.1) is 0 Å². The Morgan fingerprint density at radius 1 is 1.00 bits per heavy atom. The first kappa shape index (κ1) is 20.4. The minimum Gasteiger partial charge on any atom is -0.479 e. The largest absolute Gasteiger partial charge is 0.479 e. The number of carbonyl (C=O) groups is 2. The third-order valence-corrected chi connectivity index (χ3v) is 6.64. The van der Waals surface area contributed by atoms with Gasteiger partial charge in [0, 0.05) is 9.49 Å². The maximum atomic E-state index is 12.5. The monoisotopic (exact) mass is 513 g/mol. The molecule has 0 bridgehead atoms. The van der Waals surface area contributed by atoms with Crippen molar-refractivity contribution in [1.29, 1.82) is 0 Å². The van der Waals surface area contributed by atoms with Gasteiger partial charge in [-0.05, 0) is 69.0 Å². The molecule has 1 atom stereocenters. The molecule has 0 radical (unpaired) electrons. The van der Waals surface area contributed by atoms with Crippen molar-refractivity contribution in [2.45, 2.75) is 18.9 Å². The zero-order chi connectivity index (χ0) is 21.3. The zero-order valence-electron chi connectivity index (χ0n) is 16.3. The van der Waals surface area contributed by atoms with E-state index in [2.05, 4.69) is 40.0 Å². The minimum atomic E-state index is -1.17. The quantitative estimate of drug-likeness (QED) is 0.457. The van der Waals surface area contributed by atoms with E-state index in [4.69, 9.17) is 4.74 Å². The molecule has 3 aromatic rings. The number of amides is 1. The van der Waals surface area contributed by atoms with Gasteiger partial charge < -0.3 is 15.2 Å². The van der Waals surface area contributed by atoms with Crippen molar-refractivity contribution < 1.29 is 19.4 Å². The number of alkyl carbamates (subject to hydrolysis) is 1. The zero-order valence-corrected chi connectivity index (χ0v) is 18.4. The highest BCUT2D eigenvalue weighted by Crippen LogP contribution is 2.44. The smallest absolute Gasteiger partial charge is 0.408 e. The molecule has 0 spiro atoms. The lowest BCUT2D eigenvalue weighted by molar-refractivity contribution is -0.139. The summed E-state index contributed by atoms with van der Waals surface area (Å²) in [6.07, 6.45) is -0.748. The molecule has 1 aliphatic rings. The van der Waals surface area contributed by atoms with Crippen LogP contribution in [0.3, 0.4) is 0 Å². The van der Waals surface area contributed by atoms with Crippen LogP contribution in [-0.2, 0) is 9.53 Å².